The largest absolute Gasteiger partial charge is 0.454 e. The Hall–Kier alpha value is -8.10. The van der Waals surface area contributed by atoms with Crippen LogP contribution in [0.15, 0.2) is 222 Å². The van der Waals surface area contributed by atoms with E-state index in [1.54, 1.807) is 12.3 Å². The first-order chi connectivity index (χ1) is 32.7. The lowest BCUT2D eigenvalue weighted by Gasteiger charge is -2.34. The first-order valence-corrected chi connectivity index (χ1v) is 25.1. The zero-order chi connectivity index (χ0) is 43.9. The van der Waals surface area contributed by atoms with E-state index in [1.807, 2.05) is 23.6 Å². The molecule has 5 aromatic heterocycles. The first-order valence-electron chi connectivity index (χ1n) is 22.3. The second-order valence-electron chi connectivity index (χ2n) is 16.9. The van der Waals surface area contributed by atoms with Crippen molar-refractivity contribution in [2.75, 3.05) is 0 Å². The number of rotatable bonds is 8. The van der Waals surface area contributed by atoms with Crippen molar-refractivity contribution in [2.24, 2.45) is 4.99 Å². The summed E-state index contributed by atoms with van der Waals surface area (Å²) >= 11 is 1.90. The Morgan fingerprint density at radius 3 is 1.80 bits per heavy atom. The topological polar surface area (TPSA) is 48.2 Å². The Bertz CT molecular complexity index is 4010. The second kappa shape index (κ2) is 15.0. The lowest BCUT2D eigenvalue weighted by molar-refractivity contribution is 0.668. The molecule has 0 radical (unpaired) electrons. The van der Waals surface area contributed by atoms with Crippen molar-refractivity contribution >= 4 is 127 Å². The molecule has 13 aromatic rings. The number of hydrogen-bond donors (Lipinski definition) is 0. The fourth-order valence-electron chi connectivity index (χ4n) is 10.9. The van der Waals surface area contributed by atoms with Gasteiger partial charge in [-0.1, -0.05) is 170 Å². The van der Waals surface area contributed by atoms with E-state index in [1.165, 1.54) is 40.9 Å². The SMILES string of the molecule is C=C/C=N\c1c(C)n(-c2cccc3c2oc2c([Si](c4ccccc4)(c4ccccc4)c4cccc5c4sc4c(-n6c7ccccc7c7ncccc76)cccc45)cccc23)c2ccccc12. The molecule has 13 rings (SSSR count). The number of fused-ring (bicyclic) bond motifs is 10. The molecule has 0 fully saturated rings. The quantitative estimate of drug-likeness (QED) is 0.0867. The molecule has 0 unspecified atom stereocenters. The summed E-state index contributed by atoms with van der Waals surface area (Å²) in [4.78, 5) is 9.75. The highest BCUT2D eigenvalue weighted by atomic mass is 32.1. The van der Waals surface area contributed by atoms with E-state index in [4.69, 9.17) is 14.4 Å². The maximum absolute atomic E-state index is 7.51. The predicted molar refractivity (Wildman–Crippen MR) is 282 cm³/mol. The molecule has 0 spiro atoms. The number of nitrogens with zero attached hydrogens (tertiary/aromatic N) is 4. The zero-order valence-electron chi connectivity index (χ0n) is 36.0. The van der Waals surface area contributed by atoms with Crippen molar-refractivity contribution in [2.45, 2.75) is 6.92 Å². The predicted octanol–water partition coefficient (Wildman–Crippen LogP) is 13.0. The third-order valence-electron chi connectivity index (χ3n) is 13.5. The zero-order valence-corrected chi connectivity index (χ0v) is 37.8. The molecule has 0 aliphatic heterocycles. The van der Waals surface area contributed by atoms with Crippen LogP contribution in [-0.4, -0.2) is 28.4 Å². The molecule has 312 valence electrons. The normalized spacial score (nSPS) is 12.3. The minimum absolute atomic E-state index is 0.845. The van der Waals surface area contributed by atoms with Gasteiger partial charge in [0.25, 0.3) is 0 Å². The van der Waals surface area contributed by atoms with Gasteiger partial charge in [-0.3, -0.25) is 9.98 Å². The Labute approximate surface area is 385 Å². The second-order valence-corrected chi connectivity index (χ2v) is 21.6. The summed E-state index contributed by atoms with van der Waals surface area (Å²) in [5.74, 6) is 0. The Balaban J connectivity index is 1.14. The average molecular weight is 881 g/mol. The molecule has 0 aliphatic carbocycles. The van der Waals surface area contributed by atoms with Gasteiger partial charge in [-0.15, -0.1) is 11.3 Å². The van der Waals surface area contributed by atoms with Gasteiger partial charge >= 0.3 is 0 Å². The highest BCUT2D eigenvalue weighted by Crippen LogP contribution is 2.42. The van der Waals surface area contributed by atoms with Crippen LogP contribution < -0.4 is 20.7 Å². The molecule has 5 nitrogen and oxygen atoms in total. The highest BCUT2D eigenvalue weighted by molar-refractivity contribution is 7.31. The smallest absolute Gasteiger partial charge is 0.185 e. The molecule has 8 aromatic carbocycles. The van der Waals surface area contributed by atoms with Gasteiger partial charge in [0.05, 0.1) is 43.8 Å². The van der Waals surface area contributed by atoms with Gasteiger partial charge in [-0.2, -0.15) is 0 Å². The number of aliphatic imine (C=N–C) groups is 1. The van der Waals surface area contributed by atoms with E-state index in [2.05, 4.69) is 211 Å². The number of pyridine rings is 1. The van der Waals surface area contributed by atoms with Crippen molar-refractivity contribution in [3.8, 4) is 11.4 Å². The number of thiophene rings is 1. The molecule has 0 saturated heterocycles. The van der Waals surface area contributed by atoms with Gasteiger partial charge in [0.1, 0.15) is 5.58 Å². The monoisotopic (exact) mass is 880 g/mol. The van der Waals surface area contributed by atoms with Gasteiger partial charge in [0, 0.05) is 55.1 Å². The molecular weight excluding hydrogens is 841 g/mol. The summed E-state index contributed by atoms with van der Waals surface area (Å²) in [6.07, 6.45) is 5.39. The molecular formula is C59H40N4OSSi. The number of hydrogen-bond acceptors (Lipinski definition) is 4. The van der Waals surface area contributed by atoms with Crippen LogP contribution >= 0.6 is 11.3 Å². The van der Waals surface area contributed by atoms with Crippen LogP contribution in [0.2, 0.25) is 0 Å². The molecule has 0 N–H and O–H groups in total. The van der Waals surface area contributed by atoms with Crippen LogP contribution in [-0.2, 0) is 0 Å². The fourth-order valence-corrected chi connectivity index (χ4v) is 17.6. The van der Waals surface area contributed by atoms with Crippen LogP contribution in [0.1, 0.15) is 5.69 Å². The van der Waals surface area contributed by atoms with Crippen LogP contribution in [0, 0.1) is 6.92 Å². The standard InChI is InChI=1S/C59H40N4OSSi/c1-3-36-60-54-38(2)62(47-29-12-10-23-45(47)54)50-31-14-25-41-42-26-16-34-52(57(42)64-56(41)50)66(39-19-6-4-7-20-39,40-21-8-5-9-22-40)53-35-17-28-44-43-27-15-32-51(58(43)65-59(44)53)63-48-30-13-11-24-46(48)55-49(63)33-18-37-61-55/h3-37H,1H2,2H3/b60-36-. The maximum atomic E-state index is 7.51. The van der Waals surface area contributed by atoms with Crippen LogP contribution in [0.3, 0.4) is 0 Å². The third-order valence-corrected chi connectivity index (χ3v) is 19.8. The molecule has 0 bridgehead atoms. The first kappa shape index (κ1) is 38.4. The third kappa shape index (κ3) is 5.38. The molecule has 7 heteroatoms. The van der Waals surface area contributed by atoms with Crippen LogP contribution in [0.5, 0.6) is 0 Å². The highest BCUT2D eigenvalue weighted by Gasteiger charge is 2.45. The Kier molecular flexibility index (Phi) is 8.71. The van der Waals surface area contributed by atoms with Crippen molar-refractivity contribution in [1.82, 2.24) is 14.1 Å². The molecule has 0 aliphatic rings. The van der Waals surface area contributed by atoms with Crippen LogP contribution in [0.25, 0.3) is 86.3 Å². The molecule has 0 atom stereocenters. The number of allylic oxidation sites excluding steroid dienone is 1. The lowest BCUT2D eigenvalue weighted by Crippen LogP contribution is -2.74. The minimum atomic E-state index is -3.22. The molecule has 0 amide bonds. The minimum Gasteiger partial charge on any atom is -0.454 e. The van der Waals surface area contributed by atoms with E-state index in [9.17, 15) is 0 Å². The van der Waals surface area contributed by atoms with Crippen LogP contribution in [0.4, 0.5) is 5.69 Å². The Morgan fingerprint density at radius 2 is 1.08 bits per heavy atom. The van der Waals surface area contributed by atoms with E-state index in [-0.39, 0.29) is 0 Å². The van der Waals surface area contributed by atoms with Crippen molar-refractivity contribution in [3.63, 3.8) is 0 Å². The summed E-state index contributed by atoms with van der Waals surface area (Å²) in [7, 11) is -3.22. The van der Waals surface area contributed by atoms with Gasteiger partial charge < -0.3 is 13.6 Å². The molecule has 5 heterocycles. The summed E-state index contributed by atoms with van der Waals surface area (Å²) < 4.78 is 14.7. The van der Waals surface area contributed by atoms with Gasteiger partial charge in [0.15, 0.2) is 13.7 Å². The van der Waals surface area contributed by atoms with Gasteiger partial charge in [-0.25, -0.2) is 0 Å². The van der Waals surface area contributed by atoms with E-state index < -0.39 is 8.07 Å². The average Bonchev–Trinajstić information content (AvgIpc) is 4.12. The number of benzene rings is 8. The summed E-state index contributed by atoms with van der Waals surface area (Å²) in [6.45, 7) is 6.04. The van der Waals surface area contributed by atoms with Gasteiger partial charge in [-0.05, 0) is 64.1 Å². The summed E-state index contributed by atoms with van der Waals surface area (Å²) in [5.41, 5.74) is 10.2. The van der Waals surface area contributed by atoms with Gasteiger partial charge in [0.2, 0.25) is 0 Å². The van der Waals surface area contributed by atoms with Crippen molar-refractivity contribution in [1.29, 1.82) is 0 Å². The number of furan rings is 1. The fraction of sp³-hybridized carbons (Fsp3) is 0.0169. The van der Waals surface area contributed by atoms with E-state index in [0.29, 0.717) is 0 Å². The van der Waals surface area contributed by atoms with Crippen molar-refractivity contribution < 1.29 is 4.42 Å². The molecule has 66 heavy (non-hydrogen) atoms. The molecule has 0 saturated carbocycles. The summed E-state index contributed by atoms with van der Waals surface area (Å²) in [6, 6.07) is 70.9. The maximum Gasteiger partial charge on any atom is 0.185 e. The van der Waals surface area contributed by atoms with Crippen molar-refractivity contribution in [3.05, 3.63) is 219 Å². The number of para-hydroxylation sites is 4. The lowest BCUT2D eigenvalue weighted by atomic mass is 10.1. The summed E-state index contributed by atoms with van der Waals surface area (Å²) in [5, 5.41) is 12.0. The Morgan fingerprint density at radius 1 is 0.515 bits per heavy atom. The van der Waals surface area contributed by atoms with E-state index in [0.717, 1.165) is 77.5 Å². The number of aromatic nitrogens is 3. The van der Waals surface area contributed by atoms with E-state index >= 15 is 0 Å².